The second-order valence-corrected chi connectivity index (χ2v) is 4.77. The summed E-state index contributed by atoms with van der Waals surface area (Å²) in [6, 6.07) is 7.67. The lowest BCUT2D eigenvalue weighted by Crippen LogP contribution is -2.30. The van der Waals surface area contributed by atoms with E-state index in [-0.39, 0.29) is 18.6 Å². The normalized spacial score (nSPS) is 12.1. The summed E-state index contributed by atoms with van der Waals surface area (Å²) in [7, 11) is 1.59. The number of rotatable bonds is 8. The van der Waals surface area contributed by atoms with E-state index >= 15 is 0 Å². The Kier molecular flexibility index (Phi) is 6.05. The van der Waals surface area contributed by atoms with Gasteiger partial charge in [-0.2, -0.15) is 5.10 Å². The lowest BCUT2D eigenvalue weighted by atomic mass is 10.1. The molecular formula is C15H20N4O3. The highest BCUT2D eigenvalue weighted by atomic mass is 16.5. The molecule has 0 saturated carbocycles. The van der Waals surface area contributed by atoms with Crippen molar-refractivity contribution in [3.05, 3.63) is 42.5 Å². The first-order valence-corrected chi connectivity index (χ1v) is 7.01. The summed E-state index contributed by atoms with van der Waals surface area (Å²) in [5, 5.41) is 6.96. The van der Waals surface area contributed by atoms with E-state index in [4.69, 9.17) is 9.47 Å². The van der Waals surface area contributed by atoms with Crippen molar-refractivity contribution in [3.8, 4) is 5.69 Å². The number of benzene rings is 1. The third-order valence-corrected chi connectivity index (χ3v) is 3.12. The molecule has 7 nitrogen and oxygen atoms in total. The molecule has 2 aromatic rings. The van der Waals surface area contributed by atoms with Crippen LogP contribution in [-0.4, -0.2) is 47.6 Å². The maximum atomic E-state index is 11.7. The molecule has 0 spiro atoms. The van der Waals surface area contributed by atoms with Crippen LogP contribution in [0.1, 0.15) is 18.5 Å². The van der Waals surface area contributed by atoms with Crippen molar-refractivity contribution in [2.45, 2.75) is 13.0 Å². The maximum absolute atomic E-state index is 11.7. The Bertz CT molecular complexity index is 569. The van der Waals surface area contributed by atoms with Crippen molar-refractivity contribution in [1.82, 2.24) is 20.1 Å². The zero-order chi connectivity index (χ0) is 15.8. The third-order valence-electron chi connectivity index (χ3n) is 3.12. The smallest absolute Gasteiger partial charge is 0.246 e. The summed E-state index contributed by atoms with van der Waals surface area (Å²) >= 11 is 0. The fourth-order valence-electron chi connectivity index (χ4n) is 1.93. The molecular weight excluding hydrogens is 284 g/mol. The van der Waals surface area contributed by atoms with Gasteiger partial charge in [0.2, 0.25) is 5.91 Å². The fraction of sp³-hybridized carbons (Fsp3) is 0.400. The van der Waals surface area contributed by atoms with Gasteiger partial charge in [-0.1, -0.05) is 12.1 Å². The molecule has 0 bridgehead atoms. The lowest BCUT2D eigenvalue weighted by molar-refractivity contribution is -0.126. The zero-order valence-corrected chi connectivity index (χ0v) is 12.7. The molecule has 1 aromatic heterocycles. The summed E-state index contributed by atoms with van der Waals surface area (Å²) in [4.78, 5) is 15.7. The summed E-state index contributed by atoms with van der Waals surface area (Å²) in [6.45, 7) is 2.85. The van der Waals surface area contributed by atoms with Gasteiger partial charge in [-0.25, -0.2) is 9.67 Å². The van der Waals surface area contributed by atoms with Gasteiger partial charge in [0.05, 0.1) is 24.9 Å². The van der Waals surface area contributed by atoms with Gasteiger partial charge in [0, 0.05) is 7.11 Å². The van der Waals surface area contributed by atoms with E-state index in [9.17, 15) is 4.79 Å². The molecule has 0 radical (unpaired) electrons. The van der Waals surface area contributed by atoms with E-state index in [0.717, 1.165) is 11.3 Å². The summed E-state index contributed by atoms with van der Waals surface area (Å²) in [5.74, 6) is -0.149. The highest BCUT2D eigenvalue weighted by Crippen LogP contribution is 2.15. The Hall–Kier alpha value is -2.25. The molecule has 0 aliphatic rings. The van der Waals surface area contributed by atoms with Crippen molar-refractivity contribution in [2.24, 2.45) is 0 Å². The van der Waals surface area contributed by atoms with E-state index < -0.39 is 0 Å². The highest BCUT2D eigenvalue weighted by Gasteiger charge is 2.10. The van der Waals surface area contributed by atoms with Crippen LogP contribution in [0.4, 0.5) is 0 Å². The molecule has 22 heavy (non-hydrogen) atoms. The first kappa shape index (κ1) is 16.1. The molecule has 2 rings (SSSR count). The third kappa shape index (κ3) is 4.64. The van der Waals surface area contributed by atoms with Crippen LogP contribution in [0.25, 0.3) is 5.69 Å². The number of hydrogen-bond acceptors (Lipinski definition) is 5. The summed E-state index contributed by atoms with van der Waals surface area (Å²) in [6.07, 6.45) is 3.12. The number of aromatic nitrogens is 3. The molecule has 0 saturated heterocycles. The lowest BCUT2D eigenvalue weighted by Gasteiger charge is -2.15. The molecule has 1 amide bonds. The van der Waals surface area contributed by atoms with Gasteiger partial charge < -0.3 is 14.8 Å². The minimum absolute atomic E-state index is 0.0325. The molecule has 1 N–H and O–H groups in total. The van der Waals surface area contributed by atoms with Crippen LogP contribution in [0, 0.1) is 0 Å². The van der Waals surface area contributed by atoms with E-state index in [1.165, 1.54) is 6.33 Å². The van der Waals surface area contributed by atoms with Crippen molar-refractivity contribution < 1.29 is 14.3 Å². The Morgan fingerprint density at radius 2 is 2.09 bits per heavy atom. The maximum Gasteiger partial charge on any atom is 0.246 e. The van der Waals surface area contributed by atoms with Gasteiger partial charge in [-0.05, 0) is 24.6 Å². The minimum atomic E-state index is -0.149. The topological polar surface area (TPSA) is 78.3 Å². The van der Waals surface area contributed by atoms with Gasteiger partial charge >= 0.3 is 0 Å². The Morgan fingerprint density at radius 3 is 2.73 bits per heavy atom. The zero-order valence-electron chi connectivity index (χ0n) is 12.7. The molecule has 1 heterocycles. The Labute approximate surface area is 129 Å². The number of carbonyl (C=O) groups is 1. The predicted octanol–water partition coefficient (Wildman–Crippen LogP) is 1.11. The summed E-state index contributed by atoms with van der Waals surface area (Å²) in [5.41, 5.74) is 1.93. The largest absolute Gasteiger partial charge is 0.382 e. The van der Waals surface area contributed by atoms with E-state index in [1.54, 1.807) is 18.1 Å². The van der Waals surface area contributed by atoms with Crippen LogP contribution in [0.5, 0.6) is 0 Å². The van der Waals surface area contributed by atoms with Gasteiger partial charge in [-0.3, -0.25) is 4.79 Å². The van der Waals surface area contributed by atoms with Crippen LogP contribution in [0.15, 0.2) is 36.9 Å². The Morgan fingerprint density at radius 1 is 1.32 bits per heavy atom. The van der Waals surface area contributed by atoms with Gasteiger partial charge in [-0.15, -0.1) is 0 Å². The van der Waals surface area contributed by atoms with E-state index in [2.05, 4.69) is 15.4 Å². The number of amides is 1. The van der Waals surface area contributed by atoms with Crippen LogP contribution in [0.3, 0.4) is 0 Å². The first-order valence-electron chi connectivity index (χ1n) is 7.01. The second kappa shape index (κ2) is 8.26. The van der Waals surface area contributed by atoms with E-state index in [0.29, 0.717) is 13.2 Å². The Balaban J connectivity index is 1.84. The monoisotopic (exact) mass is 304 g/mol. The highest BCUT2D eigenvalue weighted by molar-refractivity contribution is 5.77. The number of ether oxygens (including phenoxy) is 2. The quantitative estimate of drug-likeness (QED) is 0.739. The van der Waals surface area contributed by atoms with Crippen LogP contribution >= 0.6 is 0 Å². The van der Waals surface area contributed by atoms with Crippen LogP contribution < -0.4 is 5.32 Å². The average Bonchev–Trinajstić information content (AvgIpc) is 3.06. The van der Waals surface area contributed by atoms with Crippen molar-refractivity contribution in [2.75, 3.05) is 26.9 Å². The minimum Gasteiger partial charge on any atom is -0.382 e. The van der Waals surface area contributed by atoms with Gasteiger partial charge in [0.1, 0.15) is 19.3 Å². The average molecular weight is 304 g/mol. The van der Waals surface area contributed by atoms with Gasteiger partial charge in [0.25, 0.3) is 0 Å². The molecule has 0 fully saturated rings. The number of nitrogens with one attached hydrogen (secondary N) is 1. The molecule has 1 aromatic carbocycles. The number of nitrogens with zero attached hydrogens (tertiary/aromatic N) is 3. The molecule has 1 unspecified atom stereocenters. The second-order valence-electron chi connectivity index (χ2n) is 4.77. The van der Waals surface area contributed by atoms with Gasteiger partial charge in [0.15, 0.2) is 0 Å². The SMILES string of the molecule is COCCOCC(=O)NC(C)c1ccc(-n2cncn2)cc1. The molecule has 118 valence electrons. The fourth-order valence-corrected chi connectivity index (χ4v) is 1.93. The van der Waals surface area contributed by atoms with E-state index in [1.807, 2.05) is 31.2 Å². The molecule has 7 heteroatoms. The standard InChI is InChI=1S/C15H20N4O3/c1-12(18-15(20)9-22-8-7-21-2)13-3-5-14(6-4-13)19-11-16-10-17-19/h3-6,10-12H,7-9H2,1-2H3,(H,18,20). The predicted molar refractivity (Wildman–Crippen MR) is 80.6 cm³/mol. The number of methoxy groups -OCH3 is 1. The molecule has 0 aliphatic carbocycles. The van der Waals surface area contributed by atoms with Crippen LogP contribution in [0.2, 0.25) is 0 Å². The molecule has 1 atom stereocenters. The van der Waals surface area contributed by atoms with Crippen molar-refractivity contribution >= 4 is 5.91 Å². The molecule has 0 aliphatic heterocycles. The summed E-state index contributed by atoms with van der Waals surface area (Å²) < 4.78 is 11.7. The number of hydrogen-bond donors (Lipinski definition) is 1. The first-order chi connectivity index (χ1) is 10.7. The van der Waals surface area contributed by atoms with Crippen LogP contribution in [-0.2, 0) is 14.3 Å². The number of carbonyl (C=O) groups excluding carboxylic acids is 1. The van der Waals surface area contributed by atoms with Crippen molar-refractivity contribution in [1.29, 1.82) is 0 Å². The van der Waals surface area contributed by atoms with Crippen molar-refractivity contribution in [3.63, 3.8) is 0 Å².